The second-order valence-electron chi connectivity index (χ2n) is 1.76. The summed E-state index contributed by atoms with van der Waals surface area (Å²) in [7, 11) is 1.68. The highest BCUT2D eigenvalue weighted by molar-refractivity contribution is 6.29. The van der Waals surface area contributed by atoms with Gasteiger partial charge in [0.2, 0.25) is 0 Å². The Morgan fingerprint density at radius 1 is 1.89 bits per heavy atom. The molecule has 0 amide bonds. The van der Waals surface area contributed by atoms with Gasteiger partial charge in [0.15, 0.2) is 5.96 Å². The van der Waals surface area contributed by atoms with E-state index in [0.717, 1.165) is 0 Å². The molecule has 0 radical (unpaired) electrons. The predicted molar refractivity (Wildman–Crippen MR) is 39.5 cm³/mol. The van der Waals surface area contributed by atoms with Crippen LogP contribution in [0.25, 0.3) is 0 Å². The van der Waals surface area contributed by atoms with Gasteiger partial charge in [0.25, 0.3) is 0 Å². The van der Waals surface area contributed by atoms with Crippen molar-refractivity contribution < 1.29 is 0 Å². The summed E-state index contributed by atoms with van der Waals surface area (Å²) in [4.78, 5) is 1.50. The average molecular weight is 148 g/mol. The molecular weight excluding hydrogens is 138 g/mol. The molecule has 0 fully saturated rings. The number of halogens is 1. The van der Waals surface area contributed by atoms with E-state index in [1.807, 2.05) is 0 Å². The van der Waals surface area contributed by atoms with E-state index in [1.165, 1.54) is 4.90 Å². The molecule has 0 aromatic heterocycles. The second kappa shape index (κ2) is 3.35. The lowest BCUT2D eigenvalue weighted by molar-refractivity contribution is 0.549. The van der Waals surface area contributed by atoms with Crippen LogP contribution >= 0.6 is 11.6 Å². The molecule has 0 aliphatic rings. The van der Waals surface area contributed by atoms with Crippen LogP contribution in [-0.2, 0) is 0 Å². The summed E-state index contributed by atoms with van der Waals surface area (Å²) < 4.78 is 0. The Labute approximate surface area is 59.6 Å². The Hall–Kier alpha value is -0.700. The summed E-state index contributed by atoms with van der Waals surface area (Å²) in [5.41, 5.74) is 5.09. The molecule has 9 heavy (non-hydrogen) atoms. The minimum atomic E-state index is -0.00296. The van der Waals surface area contributed by atoms with E-state index >= 15 is 0 Å². The molecule has 0 heterocycles. The van der Waals surface area contributed by atoms with Gasteiger partial charge in [0.1, 0.15) is 0 Å². The SMILES string of the molecule is C=C(Cl)CN(C)C(=N)N. The lowest BCUT2D eigenvalue weighted by Gasteiger charge is -2.14. The van der Waals surface area contributed by atoms with Gasteiger partial charge in [0, 0.05) is 12.1 Å². The molecular formula is C5H10ClN3. The largest absolute Gasteiger partial charge is 0.370 e. The Bertz CT molecular complexity index is 132. The number of rotatable bonds is 2. The predicted octanol–water partition coefficient (Wildman–Crippen LogP) is 0.564. The molecule has 0 spiro atoms. The van der Waals surface area contributed by atoms with Crippen LogP contribution in [0.4, 0.5) is 0 Å². The standard InChI is InChI=1S/C5H10ClN3/c1-4(6)3-9(2)5(7)8/h1,3H2,2H3,(H3,7,8). The van der Waals surface area contributed by atoms with Crippen LogP contribution in [0.1, 0.15) is 0 Å². The maximum atomic E-state index is 6.90. The quantitative estimate of drug-likeness (QED) is 0.443. The van der Waals surface area contributed by atoms with Crippen molar-refractivity contribution in [2.75, 3.05) is 13.6 Å². The minimum Gasteiger partial charge on any atom is -0.370 e. The highest BCUT2D eigenvalue weighted by Crippen LogP contribution is 1.97. The highest BCUT2D eigenvalue weighted by atomic mass is 35.5. The first-order valence-electron chi connectivity index (χ1n) is 2.42. The van der Waals surface area contributed by atoms with Gasteiger partial charge in [-0.3, -0.25) is 5.41 Å². The molecule has 0 rings (SSSR count). The summed E-state index contributed by atoms with van der Waals surface area (Å²) in [6.45, 7) is 3.88. The van der Waals surface area contributed by atoms with Gasteiger partial charge < -0.3 is 10.6 Å². The molecule has 0 aromatic carbocycles. The lowest BCUT2D eigenvalue weighted by Crippen LogP contribution is -2.33. The van der Waals surface area contributed by atoms with Crippen LogP contribution in [-0.4, -0.2) is 24.5 Å². The van der Waals surface area contributed by atoms with Crippen molar-refractivity contribution in [3.63, 3.8) is 0 Å². The topological polar surface area (TPSA) is 53.1 Å². The van der Waals surface area contributed by atoms with Crippen LogP contribution < -0.4 is 5.73 Å². The van der Waals surface area contributed by atoms with E-state index in [-0.39, 0.29) is 5.96 Å². The molecule has 0 aromatic rings. The van der Waals surface area contributed by atoms with Crippen LogP contribution in [0, 0.1) is 5.41 Å². The second-order valence-corrected chi connectivity index (χ2v) is 2.29. The van der Waals surface area contributed by atoms with Gasteiger partial charge in [-0.25, -0.2) is 0 Å². The molecule has 3 nitrogen and oxygen atoms in total. The molecule has 0 aliphatic heterocycles. The summed E-state index contributed by atoms with van der Waals surface area (Å²) in [5, 5.41) is 7.38. The van der Waals surface area contributed by atoms with E-state index in [0.29, 0.717) is 11.6 Å². The van der Waals surface area contributed by atoms with Gasteiger partial charge in [-0.05, 0) is 0 Å². The molecule has 0 unspecified atom stereocenters. The first-order chi connectivity index (χ1) is 4.04. The van der Waals surface area contributed by atoms with Gasteiger partial charge in [-0.2, -0.15) is 0 Å². The summed E-state index contributed by atoms with van der Waals surface area (Å²) in [6.07, 6.45) is 0. The molecule has 0 atom stereocenters. The maximum Gasteiger partial charge on any atom is 0.188 e. The van der Waals surface area contributed by atoms with Gasteiger partial charge >= 0.3 is 0 Å². The number of hydrogen-bond donors (Lipinski definition) is 2. The van der Waals surface area contributed by atoms with E-state index in [9.17, 15) is 0 Å². The van der Waals surface area contributed by atoms with E-state index in [2.05, 4.69) is 6.58 Å². The zero-order chi connectivity index (χ0) is 7.44. The van der Waals surface area contributed by atoms with Crippen molar-refractivity contribution in [1.29, 1.82) is 5.41 Å². The number of hydrogen-bond acceptors (Lipinski definition) is 1. The Morgan fingerprint density at radius 3 is 2.44 bits per heavy atom. The molecule has 3 N–H and O–H groups in total. The van der Waals surface area contributed by atoms with E-state index in [4.69, 9.17) is 22.7 Å². The van der Waals surface area contributed by atoms with Crippen molar-refractivity contribution in [1.82, 2.24) is 4.90 Å². The monoisotopic (exact) mass is 147 g/mol. The Morgan fingerprint density at radius 2 is 2.33 bits per heavy atom. The Kier molecular flexibility index (Phi) is 3.09. The lowest BCUT2D eigenvalue weighted by atomic mass is 10.5. The molecule has 0 saturated heterocycles. The zero-order valence-corrected chi connectivity index (χ0v) is 6.07. The average Bonchev–Trinajstić information content (AvgIpc) is 1.63. The molecule has 0 aliphatic carbocycles. The van der Waals surface area contributed by atoms with Crippen LogP contribution in [0.2, 0.25) is 0 Å². The number of likely N-dealkylation sites (N-methyl/N-ethyl adjacent to an activating group) is 1. The van der Waals surface area contributed by atoms with Gasteiger partial charge in [-0.1, -0.05) is 18.2 Å². The number of nitrogens with one attached hydrogen (secondary N) is 1. The fraction of sp³-hybridized carbons (Fsp3) is 0.400. The smallest absolute Gasteiger partial charge is 0.188 e. The first-order valence-corrected chi connectivity index (χ1v) is 2.80. The Balaban J connectivity index is 3.63. The number of nitrogens with two attached hydrogens (primary N) is 1. The third-order valence-electron chi connectivity index (χ3n) is 0.820. The van der Waals surface area contributed by atoms with E-state index in [1.54, 1.807) is 7.05 Å². The summed E-state index contributed by atoms with van der Waals surface area (Å²) in [6, 6.07) is 0. The van der Waals surface area contributed by atoms with Crippen LogP contribution in [0.3, 0.4) is 0 Å². The van der Waals surface area contributed by atoms with Crippen molar-refractivity contribution in [3.8, 4) is 0 Å². The molecule has 52 valence electrons. The zero-order valence-electron chi connectivity index (χ0n) is 5.32. The molecule has 0 saturated carbocycles. The van der Waals surface area contributed by atoms with Crippen molar-refractivity contribution in [2.45, 2.75) is 0 Å². The summed E-state index contributed by atoms with van der Waals surface area (Å²) in [5.74, 6) is -0.00296. The van der Waals surface area contributed by atoms with Crippen molar-refractivity contribution in [3.05, 3.63) is 11.6 Å². The van der Waals surface area contributed by atoms with Crippen molar-refractivity contribution >= 4 is 17.6 Å². The summed E-state index contributed by atoms with van der Waals surface area (Å²) >= 11 is 5.43. The molecule has 4 heteroatoms. The van der Waals surface area contributed by atoms with E-state index < -0.39 is 0 Å². The van der Waals surface area contributed by atoms with Crippen molar-refractivity contribution in [2.24, 2.45) is 5.73 Å². The minimum absolute atomic E-state index is 0.00296. The third kappa shape index (κ3) is 3.85. The highest BCUT2D eigenvalue weighted by Gasteiger charge is 1.97. The van der Waals surface area contributed by atoms with Crippen LogP contribution in [0.15, 0.2) is 11.6 Å². The fourth-order valence-corrected chi connectivity index (χ4v) is 0.522. The van der Waals surface area contributed by atoms with Gasteiger partial charge in [0.05, 0.1) is 6.54 Å². The third-order valence-corrected chi connectivity index (χ3v) is 0.940. The van der Waals surface area contributed by atoms with Gasteiger partial charge in [-0.15, -0.1) is 0 Å². The maximum absolute atomic E-state index is 6.90. The normalized spacial score (nSPS) is 8.67. The molecule has 0 bridgehead atoms. The number of guanidine groups is 1. The first kappa shape index (κ1) is 8.30. The fourth-order valence-electron chi connectivity index (χ4n) is 0.343. The van der Waals surface area contributed by atoms with Crippen LogP contribution in [0.5, 0.6) is 0 Å². The number of nitrogens with zero attached hydrogens (tertiary/aromatic N) is 1.